The topological polar surface area (TPSA) is 20.2 Å². The summed E-state index contributed by atoms with van der Waals surface area (Å²) < 4.78 is 0.221. The van der Waals surface area contributed by atoms with Crippen molar-refractivity contribution in [2.45, 2.75) is 29.4 Å². The fraction of sp³-hybridized carbons (Fsp3) is 0.636. The third-order valence-electron chi connectivity index (χ3n) is 2.76. The highest BCUT2D eigenvalue weighted by molar-refractivity contribution is 8.19. The van der Waals surface area contributed by atoms with Gasteiger partial charge in [-0.1, -0.05) is 18.7 Å². The lowest BCUT2D eigenvalue weighted by Gasteiger charge is -2.40. The predicted octanol–water partition coefficient (Wildman–Crippen LogP) is 2.82. The van der Waals surface area contributed by atoms with Gasteiger partial charge in [-0.25, -0.2) is 0 Å². The Morgan fingerprint density at radius 1 is 1.50 bits per heavy atom. The van der Waals surface area contributed by atoms with Gasteiger partial charge in [0.25, 0.3) is 0 Å². The van der Waals surface area contributed by atoms with E-state index in [1.807, 2.05) is 35.7 Å². The van der Waals surface area contributed by atoms with Crippen molar-refractivity contribution in [1.82, 2.24) is 0 Å². The molecule has 1 aliphatic carbocycles. The van der Waals surface area contributed by atoms with Crippen LogP contribution in [0.25, 0.3) is 0 Å². The lowest BCUT2D eigenvalue weighted by molar-refractivity contribution is 0.202. The van der Waals surface area contributed by atoms with E-state index in [4.69, 9.17) is 0 Å². The number of aliphatic hydroxyl groups excluding tert-OH is 1. The van der Waals surface area contributed by atoms with Gasteiger partial charge in [-0.2, -0.15) is 0 Å². The Hall–Kier alpha value is 0.140. The van der Waals surface area contributed by atoms with Crippen LogP contribution in [0.15, 0.2) is 24.3 Å². The molecule has 0 saturated carbocycles. The van der Waals surface area contributed by atoms with E-state index in [1.54, 1.807) is 0 Å². The number of aliphatic hydroxyl groups is 1. The van der Waals surface area contributed by atoms with Gasteiger partial charge >= 0.3 is 0 Å². The minimum absolute atomic E-state index is 0.221. The van der Waals surface area contributed by atoms with Crippen LogP contribution in [0.1, 0.15) is 19.3 Å². The van der Waals surface area contributed by atoms with Gasteiger partial charge in [-0.3, -0.25) is 0 Å². The van der Waals surface area contributed by atoms with Crippen LogP contribution in [-0.4, -0.2) is 26.8 Å². The highest BCUT2D eigenvalue weighted by Gasteiger charge is 2.38. The summed E-state index contributed by atoms with van der Waals surface area (Å²) in [7, 11) is 0. The maximum Gasteiger partial charge on any atom is 0.0858 e. The highest BCUT2D eigenvalue weighted by Crippen LogP contribution is 2.52. The molecule has 1 nitrogen and oxygen atoms in total. The van der Waals surface area contributed by atoms with E-state index in [-0.39, 0.29) is 10.2 Å². The lowest BCUT2D eigenvalue weighted by Crippen LogP contribution is -2.32. The Balaban J connectivity index is 2.24. The average Bonchev–Trinajstić information content (AvgIpc) is 2.23. The second-order valence-corrected chi connectivity index (χ2v) is 6.78. The van der Waals surface area contributed by atoms with Gasteiger partial charge in [0.2, 0.25) is 0 Å². The Labute approximate surface area is 94.0 Å². The number of rotatable bonds is 1. The maximum atomic E-state index is 9.58. The average molecular weight is 228 g/mol. The van der Waals surface area contributed by atoms with E-state index < -0.39 is 0 Å². The number of hydrogen-bond donors (Lipinski definition) is 1. The van der Waals surface area contributed by atoms with Crippen LogP contribution < -0.4 is 0 Å². The Kier molecular flexibility index (Phi) is 3.30. The third kappa shape index (κ3) is 1.90. The quantitative estimate of drug-likeness (QED) is 0.745. The fourth-order valence-corrected chi connectivity index (χ4v) is 5.42. The zero-order valence-corrected chi connectivity index (χ0v) is 9.87. The molecule has 1 fully saturated rings. The molecule has 14 heavy (non-hydrogen) atoms. The zero-order valence-electron chi connectivity index (χ0n) is 8.24. The molecule has 0 aromatic carbocycles. The van der Waals surface area contributed by atoms with E-state index in [0.29, 0.717) is 0 Å². The minimum atomic E-state index is -0.253. The molecule has 2 rings (SSSR count). The first-order valence-corrected chi connectivity index (χ1v) is 7.05. The van der Waals surface area contributed by atoms with E-state index in [2.05, 4.69) is 6.58 Å². The van der Waals surface area contributed by atoms with Gasteiger partial charge in [0, 0.05) is 0 Å². The van der Waals surface area contributed by atoms with Gasteiger partial charge < -0.3 is 5.11 Å². The monoisotopic (exact) mass is 228 g/mol. The molecule has 0 aromatic rings. The maximum absolute atomic E-state index is 9.58. The van der Waals surface area contributed by atoms with Crippen molar-refractivity contribution in [3.8, 4) is 0 Å². The molecule has 3 heteroatoms. The first-order valence-electron chi connectivity index (χ1n) is 5.07. The minimum Gasteiger partial charge on any atom is -0.389 e. The molecule has 1 spiro atoms. The normalized spacial score (nSPS) is 31.2. The van der Waals surface area contributed by atoms with Gasteiger partial charge in [0.05, 0.1) is 10.2 Å². The first kappa shape index (κ1) is 10.7. The van der Waals surface area contributed by atoms with Crippen LogP contribution in [0.5, 0.6) is 0 Å². The van der Waals surface area contributed by atoms with E-state index >= 15 is 0 Å². The molecule has 1 N–H and O–H groups in total. The van der Waals surface area contributed by atoms with Crippen molar-refractivity contribution in [3.05, 3.63) is 24.3 Å². The molecule has 0 radical (unpaired) electrons. The van der Waals surface area contributed by atoms with E-state index in [0.717, 1.165) is 12.8 Å². The van der Waals surface area contributed by atoms with Crippen LogP contribution >= 0.6 is 23.5 Å². The molecule has 1 atom stereocenters. The summed E-state index contributed by atoms with van der Waals surface area (Å²) in [6.07, 6.45) is 6.95. The Morgan fingerprint density at radius 2 is 2.21 bits per heavy atom. The second-order valence-electron chi connectivity index (χ2n) is 3.74. The van der Waals surface area contributed by atoms with Crippen molar-refractivity contribution >= 4 is 23.5 Å². The molecule has 2 aliphatic rings. The molecule has 78 valence electrons. The van der Waals surface area contributed by atoms with Crippen LogP contribution in [0.2, 0.25) is 0 Å². The standard InChI is InChI=1S/C11H16OS2/c1-2-9-8-10(12)4-5-11(9)13-6-3-7-14-11/h2,8,10,12H,1,3-7H2/t10-/m0/s1. The van der Waals surface area contributed by atoms with Gasteiger partial charge in [0.15, 0.2) is 0 Å². The first-order chi connectivity index (χ1) is 6.77. The summed E-state index contributed by atoms with van der Waals surface area (Å²) in [5.41, 5.74) is 1.24. The molecule has 0 bridgehead atoms. The van der Waals surface area contributed by atoms with Gasteiger partial charge in [0.1, 0.15) is 0 Å². The Morgan fingerprint density at radius 3 is 2.86 bits per heavy atom. The smallest absolute Gasteiger partial charge is 0.0858 e. The van der Waals surface area contributed by atoms with Crippen molar-refractivity contribution in [2.75, 3.05) is 11.5 Å². The highest BCUT2D eigenvalue weighted by atomic mass is 32.2. The zero-order chi connectivity index (χ0) is 10.0. The largest absolute Gasteiger partial charge is 0.389 e. The lowest BCUT2D eigenvalue weighted by atomic mass is 9.96. The van der Waals surface area contributed by atoms with E-state index in [1.165, 1.54) is 23.5 Å². The molecule has 0 amide bonds. The summed E-state index contributed by atoms with van der Waals surface area (Å²) in [6.45, 7) is 3.86. The van der Waals surface area contributed by atoms with Crippen molar-refractivity contribution in [3.63, 3.8) is 0 Å². The van der Waals surface area contributed by atoms with Crippen LogP contribution in [-0.2, 0) is 0 Å². The molecule has 1 saturated heterocycles. The number of hydrogen-bond acceptors (Lipinski definition) is 3. The number of allylic oxidation sites excluding steroid dienone is 1. The third-order valence-corrected chi connectivity index (χ3v) is 6.27. The molecule has 1 heterocycles. The summed E-state index contributed by atoms with van der Waals surface area (Å²) in [6, 6.07) is 0. The fourth-order valence-electron chi connectivity index (χ4n) is 2.01. The van der Waals surface area contributed by atoms with Gasteiger partial charge in [-0.05, 0) is 36.3 Å². The summed E-state index contributed by atoms with van der Waals surface area (Å²) >= 11 is 4.07. The van der Waals surface area contributed by atoms with E-state index in [9.17, 15) is 5.11 Å². The van der Waals surface area contributed by atoms with Crippen LogP contribution in [0.3, 0.4) is 0 Å². The van der Waals surface area contributed by atoms with Crippen molar-refractivity contribution in [1.29, 1.82) is 0 Å². The van der Waals surface area contributed by atoms with Gasteiger partial charge in [-0.15, -0.1) is 23.5 Å². The van der Waals surface area contributed by atoms with Crippen molar-refractivity contribution in [2.24, 2.45) is 0 Å². The van der Waals surface area contributed by atoms with Crippen LogP contribution in [0, 0.1) is 0 Å². The molecule has 0 unspecified atom stereocenters. The van der Waals surface area contributed by atoms with Crippen molar-refractivity contribution < 1.29 is 5.11 Å². The Bertz CT molecular complexity index is 254. The SMILES string of the molecule is C=CC1=C[C@@H](O)CCC12SCCCS2. The predicted molar refractivity (Wildman–Crippen MR) is 65.8 cm³/mol. The summed E-state index contributed by atoms with van der Waals surface area (Å²) in [5.74, 6) is 2.49. The molecule has 1 aliphatic heterocycles. The molecular weight excluding hydrogens is 212 g/mol. The molecule has 0 aromatic heterocycles. The summed E-state index contributed by atoms with van der Waals surface area (Å²) in [5, 5.41) is 9.58. The summed E-state index contributed by atoms with van der Waals surface area (Å²) in [4.78, 5) is 0. The van der Waals surface area contributed by atoms with Crippen LogP contribution in [0.4, 0.5) is 0 Å². The number of thioether (sulfide) groups is 2. The molecular formula is C11H16OS2. The second kappa shape index (κ2) is 4.33.